The maximum atomic E-state index is 11.1. The second-order valence-electron chi connectivity index (χ2n) is 3.65. The fourth-order valence-corrected chi connectivity index (χ4v) is 1.86. The van der Waals surface area contributed by atoms with Crippen LogP contribution in [0.3, 0.4) is 0 Å². The highest BCUT2D eigenvalue weighted by atomic mass is 35.5. The summed E-state index contributed by atoms with van der Waals surface area (Å²) in [6.45, 7) is 0. The third kappa shape index (κ3) is 1.72. The molecule has 1 amide bonds. The summed E-state index contributed by atoms with van der Waals surface area (Å²) < 4.78 is 0. The van der Waals surface area contributed by atoms with Crippen molar-refractivity contribution in [2.24, 2.45) is 5.73 Å². The molecule has 0 spiro atoms. The standard InChI is InChI=1S/C12H9N3O.ClH/c13-11(16)7-5-9-8-3-1-2-4-10(8)15-12(9)14-6-7;/h1-6H,(H2,13,16)(H,14,15);1H. The summed E-state index contributed by atoms with van der Waals surface area (Å²) in [4.78, 5) is 18.4. The number of para-hydroxylation sites is 1. The largest absolute Gasteiger partial charge is 0.366 e. The van der Waals surface area contributed by atoms with Gasteiger partial charge in [-0.1, -0.05) is 18.2 Å². The van der Waals surface area contributed by atoms with Gasteiger partial charge >= 0.3 is 0 Å². The number of rotatable bonds is 1. The Morgan fingerprint density at radius 3 is 2.76 bits per heavy atom. The van der Waals surface area contributed by atoms with Crippen LogP contribution >= 0.6 is 12.4 Å². The SMILES string of the molecule is Cl.NC(=O)c1cnc2[nH]c3ccccc3c2c1. The Morgan fingerprint density at radius 1 is 1.24 bits per heavy atom. The van der Waals surface area contributed by atoms with Gasteiger partial charge in [-0.05, 0) is 12.1 Å². The summed E-state index contributed by atoms with van der Waals surface area (Å²) in [5, 5.41) is 1.97. The van der Waals surface area contributed by atoms with Gasteiger partial charge in [-0.25, -0.2) is 4.98 Å². The number of amides is 1. The monoisotopic (exact) mass is 247 g/mol. The first-order valence-electron chi connectivity index (χ1n) is 4.92. The Bertz CT molecular complexity index is 705. The molecule has 5 heteroatoms. The fraction of sp³-hybridized carbons (Fsp3) is 0. The fourth-order valence-electron chi connectivity index (χ4n) is 1.86. The van der Waals surface area contributed by atoms with Crippen molar-refractivity contribution in [3.05, 3.63) is 42.1 Å². The van der Waals surface area contributed by atoms with Crippen LogP contribution in [0.1, 0.15) is 10.4 Å². The van der Waals surface area contributed by atoms with E-state index < -0.39 is 5.91 Å². The molecule has 0 saturated heterocycles. The van der Waals surface area contributed by atoms with Gasteiger partial charge in [0.15, 0.2) is 0 Å². The van der Waals surface area contributed by atoms with Crippen molar-refractivity contribution in [1.82, 2.24) is 9.97 Å². The molecule has 3 rings (SSSR count). The maximum Gasteiger partial charge on any atom is 0.250 e. The average molecular weight is 248 g/mol. The van der Waals surface area contributed by atoms with Crippen molar-refractivity contribution in [2.75, 3.05) is 0 Å². The van der Waals surface area contributed by atoms with Gasteiger partial charge in [0.2, 0.25) is 5.91 Å². The number of nitrogens with zero attached hydrogens (tertiary/aromatic N) is 1. The predicted octanol–water partition coefficient (Wildman–Crippen LogP) is 2.24. The van der Waals surface area contributed by atoms with E-state index in [1.165, 1.54) is 6.20 Å². The van der Waals surface area contributed by atoms with E-state index in [0.717, 1.165) is 21.9 Å². The summed E-state index contributed by atoms with van der Waals surface area (Å²) in [7, 11) is 0. The molecule has 0 atom stereocenters. The quantitative estimate of drug-likeness (QED) is 0.692. The Hall–Kier alpha value is -2.07. The summed E-state index contributed by atoms with van der Waals surface area (Å²) >= 11 is 0. The predicted molar refractivity (Wildman–Crippen MR) is 69.4 cm³/mol. The molecule has 0 bridgehead atoms. The van der Waals surface area contributed by atoms with Gasteiger partial charge in [-0.2, -0.15) is 0 Å². The van der Waals surface area contributed by atoms with E-state index in [2.05, 4.69) is 9.97 Å². The van der Waals surface area contributed by atoms with E-state index in [-0.39, 0.29) is 12.4 Å². The lowest BCUT2D eigenvalue weighted by atomic mass is 10.1. The van der Waals surface area contributed by atoms with Crippen LogP contribution in [0.5, 0.6) is 0 Å². The molecular weight excluding hydrogens is 238 g/mol. The minimum atomic E-state index is -0.459. The van der Waals surface area contributed by atoms with Crippen molar-refractivity contribution in [2.45, 2.75) is 0 Å². The molecule has 4 nitrogen and oxygen atoms in total. The van der Waals surface area contributed by atoms with E-state index in [1.54, 1.807) is 6.07 Å². The van der Waals surface area contributed by atoms with Crippen molar-refractivity contribution in [1.29, 1.82) is 0 Å². The van der Waals surface area contributed by atoms with Crippen molar-refractivity contribution in [3.8, 4) is 0 Å². The van der Waals surface area contributed by atoms with Crippen LogP contribution < -0.4 is 5.73 Å². The van der Waals surface area contributed by atoms with Gasteiger partial charge in [-0.15, -0.1) is 12.4 Å². The van der Waals surface area contributed by atoms with Crippen LogP contribution in [-0.4, -0.2) is 15.9 Å². The van der Waals surface area contributed by atoms with Crippen LogP contribution in [-0.2, 0) is 0 Å². The molecule has 3 N–H and O–H groups in total. The molecule has 0 unspecified atom stereocenters. The molecule has 0 saturated carbocycles. The van der Waals surface area contributed by atoms with Gasteiger partial charge in [0.1, 0.15) is 5.65 Å². The highest BCUT2D eigenvalue weighted by Crippen LogP contribution is 2.24. The van der Waals surface area contributed by atoms with Gasteiger partial charge in [0.05, 0.1) is 5.56 Å². The number of benzene rings is 1. The highest BCUT2D eigenvalue weighted by Gasteiger charge is 2.07. The zero-order valence-corrected chi connectivity index (χ0v) is 9.62. The number of hydrogen-bond donors (Lipinski definition) is 2. The topological polar surface area (TPSA) is 71.8 Å². The first-order chi connectivity index (χ1) is 7.75. The number of halogens is 1. The van der Waals surface area contributed by atoms with Crippen molar-refractivity contribution in [3.63, 3.8) is 0 Å². The number of nitrogens with two attached hydrogens (primary N) is 1. The minimum Gasteiger partial charge on any atom is -0.366 e. The van der Waals surface area contributed by atoms with Gasteiger partial charge in [0, 0.05) is 22.5 Å². The number of carbonyl (C=O) groups is 1. The normalized spacial score (nSPS) is 10.4. The lowest BCUT2D eigenvalue weighted by Crippen LogP contribution is -2.10. The van der Waals surface area contributed by atoms with Crippen molar-refractivity contribution < 1.29 is 4.79 Å². The van der Waals surface area contributed by atoms with Crippen LogP contribution in [0, 0.1) is 0 Å². The van der Waals surface area contributed by atoms with Crippen LogP contribution in [0.15, 0.2) is 36.5 Å². The lowest BCUT2D eigenvalue weighted by Gasteiger charge is -1.94. The molecule has 0 aliphatic rings. The number of primary amides is 1. The average Bonchev–Trinajstić information content (AvgIpc) is 2.66. The Morgan fingerprint density at radius 2 is 2.00 bits per heavy atom. The van der Waals surface area contributed by atoms with E-state index in [9.17, 15) is 4.79 Å². The molecule has 2 aromatic heterocycles. The third-order valence-corrected chi connectivity index (χ3v) is 2.64. The van der Waals surface area contributed by atoms with E-state index in [4.69, 9.17) is 5.73 Å². The molecular formula is C12H10ClN3O. The minimum absolute atomic E-state index is 0. The second-order valence-corrected chi connectivity index (χ2v) is 3.65. The molecule has 0 aliphatic carbocycles. The highest BCUT2D eigenvalue weighted by molar-refractivity contribution is 6.08. The van der Waals surface area contributed by atoms with Gasteiger partial charge in [-0.3, -0.25) is 4.79 Å². The number of aromatic nitrogens is 2. The number of carbonyl (C=O) groups excluding carboxylic acids is 1. The maximum absolute atomic E-state index is 11.1. The zero-order valence-electron chi connectivity index (χ0n) is 8.81. The van der Waals surface area contributed by atoms with Crippen LogP contribution in [0.4, 0.5) is 0 Å². The summed E-state index contributed by atoms with van der Waals surface area (Å²) in [5.41, 5.74) is 7.43. The second kappa shape index (κ2) is 4.07. The first-order valence-corrected chi connectivity index (χ1v) is 4.92. The Labute approximate surface area is 103 Å². The Kier molecular flexibility index (Phi) is 2.73. The van der Waals surface area contributed by atoms with E-state index in [1.807, 2.05) is 24.3 Å². The smallest absolute Gasteiger partial charge is 0.250 e. The van der Waals surface area contributed by atoms with Crippen LogP contribution in [0.2, 0.25) is 0 Å². The summed E-state index contributed by atoms with van der Waals surface area (Å²) in [6, 6.07) is 9.63. The number of pyridine rings is 1. The Balaban J connectivity index is 0.00000108. The number of nitrogens with one attached hydrogen (secondary N) is 1. The zero-order chi connectivity index (χ0) is 11.1. The summed E-state index contributed by atoms with van der Waals surface area (Å²) in [5.74, 6) is -0.459. The molecule has 0 fully saturated rings. The molecule has 0 radical (unpaired) electrons. The lowest BCUT2D eigenvalue weighted by molar-refractivity contribution is 0.1000. The number of aromatic amines is 1. The van der Waals surface area contributed by atoms with Gasteiger partial charge < -0.3 is 10.7 Å². The number of hydrogen-bond acceptors (Lipinski definition) is 2. The number of H-pyrrole nitrogens is 1. The summed E-state index contributed by atoms with van der Waals surface area (Å²) in [6.07, 6.45) is 1.49. The van der Waals surface area contributed by atoms with Crippen molar-refractivity contribution >= 4 is 40.3 Å². The number of fused-ring (bicyclic) bond motifs is 3. The molecule has 17 heavy (non-hydrogen) atoms. The molecule has 1 aromatic carbocycles. The van der Waals surface area contributed by atoms with E-state index >= 15 is 0 Å². The van der Waals surface area contributed by atoms with E-state index in [0.29, 0.717) is 5.56 Å². The molecule has 0 aliphatic heterocycles. The molecule has 2 heterocycles. The van der Waals surface area contributed by atoms with Crippen LogP contribution in [0.25, 0.3) is 21.9 Å². The first kappa shape index (κ1) is 11.4. The molecule has 3 aromatic rings. The molecule has 86 valence electrons. The van der Waals surface area contributed by atoms with Gasteiger partial charge in [0.25, 0.3) is 0 Å². The third-order valence-electron chi connectivity index (χ3n) is 2.64.